The molecule has 0 spiro atoms. The fraction of sp³-hybridized carbons (Fsp3) is 0.632. The Kier molecular flexibility index (Phi) is 61.8. The number of unbranched alkanes of at least 4 members (excludes halogenated alkanes) is 21. The molecule has 0 aliphatic carbocycles. The quantitative estimate of drug-likeness (QED) is 0.0195. The highest BCUT2D eigenvalue weighted by Crippen LogP contribution is 2.38. The average Bonchev–Trinajstić information content (AvgIpc) is 3.67. The van der Waals surface area contributed by atoms with Gasteiger partial charge < -0.3 is 27.9 Å². The summed E-state index contributed by atoms with van der Waals surface area (Å²) in [6.07, 6.45) is 97.4. The zero-order chi connectivity index (χ0) is 62.6. The van der Waals surface area contributed by atoms with Gasteiger partial charge in [-0.3, -0.25) is 14.2 Å². The van der Waals surface area contributed by atoms with Gasteiger partial charge in [-0.2, -0.15) is 0 Å². The predicted octanol–water partition coefficient (Wildman–Crippen LogP) is 21.7. The van der Waals surface area contributed by atoms with Gasteiger partial charge in [0, 0.05) is 12.8 Å². The molecule has 0 radical (unpaired) electrons. The van der Waals surface area contributed by atoms with Crippen LogP contribution in [0.4, 0.5) is 0 Å². The van der Waals surface area contributed by atoms with Crippen molar-refractivity contribution in [3.63, 3.8) is 0 Å². The van der Waals surface area contributed by atoms with Crippen LogP contribution in [0.25, 0.3) is 0 Å². The van der Waals surface area contributed by atoms with Crippen LogP contribution in [0, 0.1) is 0 Å². The molecule has 488 valence electrons. The van der Waals surface area contributed by atoms with Gasteiger partial charge in [-0.15, -0.1) is 0 Å². The van der Waals surface area contributed by atoms with Crippen LogP contribution in [0.1, 0.15) is 258 Å². The van der Waals surface area contributed by atoms with Gasteiger partial charge in [-0.1, -0.05) is 275 Å². The molecule has 0 bridgehead atoms. The topological polar surface area (TPSA) is 111 Å². The van der Waals surface area contributed by atoms with Crippen LogP contribution in [0.5, 0.6) is 0 Å². The molecule has 0 aromatic carbocycles. The van der Waals surface area contributed by atoms with Crippen molar-refractivity contribution >= 4 is 19.8 Å². The van der Waals surface area contributed by atoms with E-state index < -0.39 is 32.5 Å². The van der Waals surface area contributed by atoms with Gasteiger partial charge in [0.25, 0.3) is 7.82 Å². The lowest BCUT2D eigenvalue weighted by Gasteiger charge is -2.28. The number of hydrogen-bond donors (Lipinski definition) is 0. The van der Waals surface area contributed by atoms with Crippen LogP contribution in [0.3, 0.4) is 0 Å². The third-order valence-electron chi connectivity index (χ3n) is 14.0. The number of likely N-dealkylation sites (N-methyl/N-ethyl adjacent to an activating group) is 1. The summed E-state index contributed by atoms with van der Waals surface area (Å²) in [4.78, 5) is 38.0. The molecule has 9 nitrogen and oxygen atoms in total. The van der Waals surface area contributed by atoms with Crippen LogP contribution in [-0.2, 0) is 32.7 Å². The summed E-state index contributed by atoms with van der Waals surface area (Å²) in [5.41, 5.74) is 0. The first-order valence-corrected chi connectivity index (χ1v) is 35.7. The van der Waals surface area contributed by atoms with E-state index in [0.29, 0.717) is 17.4 Å². The molecule has 0 aromatic heterocycles. The van der Waals surface area contributed by atoms with Crippen LogP contribution in [-0.4, -0.2) is 70.0 Å². The lowest BCUT2D eigenvalue weighted by molar-refractivity contribution is -0.870. The van der Waals surface area contributed by atoms with Gasteiger partial charge in [0.05, 0.1) is 27.7 Å². The van der Waals surface area contributed by atoms with Crippen molar-refractivity contribution < 1.29 is 42.1 Å². The Bertz CT molecular complexity index is 2010. The summed E-state index contributed by atoms with van der Waals surface area (Å²) < 4.78 is 34.2. The van der Waals surface area contributed by atoms with Crippen LogP contribution in [0.2, 0.25) is 0 Å². The number of hydrogen-bond acceptors (Lipinski definition) is 8. The fourth-order valence-corrected chi connectivity index (χ4v) is 9.54. The van der Waals surface area contributed by atoms with Gasteiger partial charge >= 0.3 is 11.9 Å². The Morgan fingerprint density at radius 1 is 0.372 bits per heavy atom. The lowest BCUT2D eigenvalue weighted by atomic mass is 10.0. The highest BCUT2D eigenvalue weighted by molar-refractivity contribution is 7.45. The Morgan fingerprint density at radius 3 is 1.00 bits per heavy atom. The van der Waals surface area contributed by atoms with Crippen molar-refractivity contribution in [3.8, 4) is 0 Å². The van der Waals surface area contributed by atoms with Crippen molar-refractivity contribution in [2.24, 2.45) is 0 Å². The lowest BCUT2D eigenvalue weighted by Crippen LogP contribution is -2.37. The SMILES string of the molecule is CC/C=C\C/C=C\C/C=C\C/C=C\C/C=C\C/C=C\C/C=C\C/C=C\C/C=C\C/C=C\C/C=C\CCCCCC(=O)OC(COC(=O)CCCCCCCCCCCCCCC/C=C\C/C=C\CCCCCCC)COP(=O)([O-])OCC[N+](C)(C)C. The summed E-state index contributed by atoms with van der Waals surface area (Å²) in [6.45, 7) is 4.07. The van der Waals surface area contributed by atoms with E-state index in [1.165, 1.54) is 109 Å². The maximum atomic E-state index is 12.8. The van der Waals surface area contributed by atoms with E-state index in [1.807, 2.05) is 21.1 Å². The van der Waals surface area contributed by atoms with Crippen LogP contribution in [0.15, 0.2) is 158 Å². The minimum Gasteiger partial charge on any atom is -0.756 e. The van der Waals surface area contributed by atoms with Crippen molar-refractivity contribution in [2.75, 3.05) is 47.5 Å². The van der Waals surface area contributed by atoms with E-state index in [-0.39, 0.29) is 26.1 Å². The standard InChI is InChI=1S/C76H126NO8P/c1-6-8-10-12-14-16-18-20-22-24-26-28-30-32-33-34-35-36-37-38-39-40-41-42-43-45-47-49-51-53-55-57-59-61-63-65-67-69-76(79)85-74(73-84-86(80,81)83-71-70-77(3,4)5)72-82-75(78)68-66-64-62-60-58-56-54-52-50-48-46-44-31-29-27-25-23-21-19-17-15-13-11-9-7-2/h8,10,14,16,19-22,25-28,32-33,35-36,38-39,41-42,45,47,51,53,57,59,74H,6-7,9,11-13,15,17-18,23-24,29-31,34,37,40,43-44,46,48-50,52,54-56,58,60-73H2,1-5H3/b10-8-,16-14-,21-19-,22-20-,27-25-,28-26-,33-32-,36-35-,39-38-,42-41-,47-45-,53-51-,59-57-. The highest BCUT2D eigenvalue weighted by atomic mass is 31.2. The number of nitrogens with zero attached hydrogens (tertiary/aromatic N) is 1. The maximum absolute atomic E-state index is 12.8. The molecule has 0 saturated heterocycles. The first-order valence-electron chi connectivity index (χ1n) is 34.2. The number of quaternary nitrogens is 1. The number of ether oxygens (including phenoxy) is 2. The van der Waals surface area contributed by atoms with E-state index in [9.17, 15) is 19.0 Å². The first kappa shape index (κ1) is 81.6. The molecular weight excluding hydrogens is 1090 g/mol. The number of esters is 2. The summed E-state index contributed by atoms with van der Waals surface area (Å²) in [7, 11) is 1.12. The minimum atomic E-state index is -4.66. The normalized spacial score (nSPS) is 14.2. The Labute approximate surface area is 528 Å². The predicted molar refractivity (Wildman–Crippen MR) is 369 cm³/mol. The van der Waals surface area contributed by atoms with Gasteiger partial charge in [0.1, 0.15) is 19.8 Å². The number of allylic oxidation sites excluding steroid dienone is 26. The molecule has 86 heavy (non-hydrogen) atoms. The minimum absolute atomic E-state index is 0.0458. The highest BCUT2D eigenvalue weighted by Gasteiger charge is 2.22. The van der Waals surface area contributed by atoms with Gasteiger partial charge in [-0.25, -0.2) is 0 Å². The number of phosphoric acid groups is 1. The third kappa shape index (κ3) is 68.7. The number of phosphoric ester groups is 1. The molecule has 0 rings (SSSR count). The summed E-state index contributed by atoms with van der Waals surface area (Å²) >= 11 is 0. The van der Waals surface area contributed by atoms with Crippen molar-refractivity contribution in [1.29, 1.82) is 0 Å². The molecule has 0 amide bonds. The first-order chi connectivity index (χ1) is 42.0. The Morgan fingerprint density at radius 2 is 0.663 bits per heavy atom. The molecule has 0 fully saturated rings. The van der Waals surface area contributed by atoms with Crippen molar-refractivity contribution in [3.05, 3.63) is 158 Å². The molecular formula is C76H126NO8P. The molecule has 0 N–H and O–H groups in total. The van der Waals surface area contributed by atoms with Crippen LogP contribution < -0.4 is 4.89 Å². The van der Waals surface area contributed by atoms with Gasteiger partial charge in [0.2, 0.25) is 0 Å². The van der Waals surface area contributed by atoms with E-state index in [4.69, 9.17) is 18.5 Å². The molecule has 2 unspecified atom stereocenters. The molecule has 10 heteroatoms. The fourth-order valence-electron chi connectivity index (χ4n) is 8.81. The zero-order valence-electron chi connectivity index (χ0n) is 55.4. The Balaban J connectivity index is 4.21. The average molecular weight is 1210 g/mol. The smallest absolute Gasteiger partial charge is 0.306 e. The van der Waals surface area contributed by atoms with E-state index in [1.54, 1.807) is 0 Å². The second kappa shape index (κ2) is 65.1. The number of carbonyl (C=O) groups is 2. The summed E-state index contributed by atoms with van der Waals surface area (Å²) in [5.74, 6) is -0.880. The molecule has 0 aliphatic rings. The molecule has 0 aromatic rings. The van der Waals surface area contributed by atoms with E-state index >= 15 is 0 Å². The van der Waals surface area contributed by atoms with E-state index in [2.05, 4.69) is 172 Å². The Hall–Kier alpha value is -4.37. The zero-order valence-corrected chi connectivity index (χ0v) is 56.3. The van der Waals surface area contributed by atoms with Crippen molar-refractivity contribution in [2.45, 2.75) is 264 Å². The second-order valence-electron chi connectivity index (χ2n) is 23.5. The van der Waals surface area contributed by atoms with Gasteiger partial charge in [-0.05, 0) is 128 Å². The molecule has 2 atom stereocenters. The largest absolute Gasteiger partial charge is 0.756 e. The molecule has 0 aliphatic heterocycles. The maximum Gasteiger partial charge on any atom is 0.306 e. The summed E-state index contributed by atoms with van der Waals surface area (Å²) in [5, 5.41) is 0. The summed E-state index contributed by atoms with van der Waals surface area (Å²) in [6, 6.07) is 0. The third-order valence-corrected chi connectivity index (χ3v) is 15.0. The monoisotopic (exact) mass is 1210 g/mol. The second-order valence-corrected chi connectivity index (χ2v) is 24.9. The number of rotatable bonds is 61. The van der Waals surface area contributed by atoms with Gasteiger partial charge in [0.15, 0.2) is 6.10 Å². The van der Waals surface area contributed by atoms with E-state index in [0.717, 1.165) is 116 Å². The van der Waals surface area contributed by atoms with Crippen molar-refractivity contribution in [1.82, 2.24) is 0 Å². The van der Waals surface area contributed by atoms with Crippen LogP contribution >= 0.6 is 7.82 Å². The molecule has 0 saturated carbocycles. The molecule has 0 heterocycles. The number of carbonyl (C=O) groups excluding carboxylic acids is 2.